The fourth-order valence-electron chi connectivity index (χ4n) is 1.46. The molecule has 0 saturated heterocycles. The Hall–Kier alpha value is -1.66. The van der Waals surface area contributed by atoms with E-state index in [2.05, 4.69) is 36.3 Å². The maximum atomic E-state index is 5.67. The molecule has 0 atom stereocenters. The highest BCUT2D eigenvalue weighted by Gasteiger charge is 2.12. The van der Waals surface area contributed by atoms with Gasteiger partial charge in [0.05, 0.1) is 13.7 Å². The van der Waals surface area contributed by atoms with E-state index < -0.39 is 0 Å². The molecular weight excluding hydrogens is 274 g/mol. The Morgan fingerprint density at radius 3 is 2.65 bits per heavy atom. The summed E-state index contributed by atoms with van der Waals surface area (Å²) in [7, 11) is 1.63. The molecule has 2 aromatic rings. The van der Waals surface area contributed by atoms with E-state index >= 15 is 0 Å². The molecule has 0 radical (unpaired) electrons. The number of methoxy groups -OCH3 is 1. The van der Waals surface area contributed by atoms with Crippen LogP contribution in [-0.2, 0) is 6.54 Å². The normalized spacial score (nSPS) is 11.4. The van der Waals surface area contributed by atoms with Crippen LogP contribution in [0.4, 0.5) is 0 Å². The summed E-state index contributed by atoms with van der Waals surface area (Å²) in [6, 6.07) is 7.41. The maximum Gasteiger partial charge on any atom is 0.299 e. The number of ether oxygens (including phenoxy) is 2. The summed E-state index contributed by atoms with van der Waals surface area (Å²) < 4.78 is 10.8. The highest BCUT2D eigenvalue weighted by molar-refractivity contribution is 7.13. The van der Waals surface area contributed by atoms with Crippen molar-refractivity contribution in [1.82, 2.24) is 15.5 Å². The molecule has 6 heteroatoms. The van der Waals surface area contributed by atoms with Gasteiger partial charge in [0, 0.05) is 11.6 Å². The van der Waals surface area contributed by atoms with Crippen molar-refractivity contribution in [3.05, 3.63) is 29.3 Å². The zero-order valence-corrected chi connectivity index (χ0v) is 13.0. The summed E-state index contributed by atoms with van der Waals surface area (Å²) in [6.07, 6.45) is 0. The second kappa shape index (κ2) is 6.19. The van der Waals surface area contributed by atoms with Crippen LogP contribution in [-0.4, -0.2) is 22.8 Å². The first-order valence-corrected chi connectivity index (χ1v) is 7.17. The summed E-state index contributed by atoms with van der Waals surface area (Å²) >= 11 is 1.43. The maximum absolute atomic E-state index is 5.67. The van der Waals surface area contributed by atoms with Gasteiger partial charge in [-0.25, -0.2) is 0 Å². The Balaban J connectivity index is 1.98. The van der Waals surface area contributed by atoms with Crippen LogP contribution in [0, 0.1) is 0 Å². The van der Waals surface area contributed by atoms with Gasteiger partial charge in [-0.05, 0) is 32.9 Å². The molecule has 0 saturated carbocycles. The van der Waals surface area contributed by atoms with Crippen molar-refractivity contribution in [2.45, 2.75) is 32.9 Å². The molecule has 0 fully saturated rings. The third kappa shape index (κ3) is 4.47. The Morgan fingerprint density at radius 1 is 1.20 bits per heavy atom. The molecule has 0 aliphatic rings. The lowest BCUT2D eigenvalue weighted by atomic mass is 10.1. The monoisotopic (exact) mass is 293 g/mol. The van der Waals surface area contributed by atoms with Crippen molar-refractivity contribution in [3.63, 3.8) is 0 Å². The molecule has 5 nitrogen and oxygen atoms in total. The average Bonchev–Trinajstić information content (AvgIpc) is 2.83. The van der Waals surface area contributed by atoms with Crippen molar-refractivity contribution < 1.29 is 9.47 Å². The highest BCUT2D eigenvalue weighted by Crippen LogP contribution is 2.27. The van der Waals surface area contributed by atoms with Crippen LogP contribution in [0.25, 0.3) is 0 Å². The molecule has 0 unspecified atom stereocenters. The molecule has 0 spiro atoms. The van der Waals surface area contributed by atoms with Crippen molar-refractivity contribution in [2.24, 2.45) is 0 Å². The Bertz CT molecular complexity index is 564. The van der Waals surface area contributed by atoms with Crippen molar-refractivity contribution in [3.8, 4) is 16.7 Å². The first-order valence-electron chi connectivity index (χ1n) is 6.35. The minimum atomic E-state index is 0.0550. The fraction of sp³-hybridized carbons (Fsp3) is 0.429. The molecule has 1 aromatic carbocycles. The Morgan fingerprint density at radius 2 is 1.95 bits per heavy atom. The van der Waals surface area contributed by atoms with E-state index in [4.69, 9.17) is 9.47 Å². The van der Waals surface area contributed by atoms with Crippen molar-refractivity contribution in [2.75, 3.05) is 7.11 Å². The second-order valence-electron chi connectivity index (χ2n) is 5.35. The molecule has 0 bridgehead atoms. The summed E-state index contributed by atoms with van der Waals surface area (Å²) in [5.41, 5.74) is 0.0550. The molecule has 1 N–H and O–H groups in total. The minimum absolute atomic E-state index is 0.0550. The van der Waals surface area contributed by atoms with Crippen LogP contribution in [0.15, 0.2) is 24.3 Å². The van der Waals surface area contributed by atoms with E-state index in [-0.39, 0.29) is 5.54 Å². The van der Waals surface area contributed by atoms with Gasteiger partial charge < -0.3 is 14.8 Å². The summed E-state index contributed by atoms with van der Waals surface area (Å²) in [6.45, 7) is 7.02. The number of benzene rings is 1. The number of nitrogens with one attached hydrogen (secondary N) is 1. The molecule has 0 aliphatic carbocycles. The van der Waals surface area contributed by atoms with Gasteiger partial charge in [0.25, 0.3) is 5.19 Å². The largest absolute Gasteiger partial charge is 0.497 e. The zero-order chi connectivity index (χ0) is 14.6. The van der Waals surface area contributed by atoms with E-state index in [1.54, 1.807) is 7.11 Å². The Kier molecular flexibility index (Phi) is 4.57. The molecule has 1 heterocycles. The number of hydrogen-bond donors (Lipinski definition) is 1. The smallest absolute Gasteiger partial charge is 0.299 e. The van der Waals surface area contributed by atoms with Gasteiger partial charge in [0.2, 0.25) is 0 Å². The number of rotatable bonds is 5. The quantitative estimate of drug-likeness (QED) is 0.917. The minimum Gasteiger partial charge on any atom is -0.497 e. The van der Waals surface area contributed by atoms with Crippen LogP contribution in [0.1, 0.15) is 25.8 Å². The zero-order valence-electron chi connectivity index (χ0n) is 12.1. The molecule has 0 amide bonds. The average molecular weight is 293 g/mol. The number of aromatic nitrogens is 2. The summed E-state index contributed by atoms with van der Waals surface area (Å²) in [4.78, 5) is 0. The lowest BCUT2D eigenvalue weighted by Crippen LogP contribution is -2.35. The first-order chi connectivity index (χ1) is 9.46. The van der Waals surface area contributed by atoms with E-state index in [1.165, 1.54) is 11.3 Å². The van der Waals surface area contributed by atoms with Gasteiger partial charge in [-0.1, -0.05) is 22.5 Å². The summed E-state index contributed by atoms with van der Waals surface area (Å²) in [5.74, 6) is 1.44. The second-order valence-corrected chi connectivity index (χ2v) is 6.37. The first kappa shape index (κ1) is 14.7. The van der Waals surface area contributed by atoms with Gasteiger partial charge in [-0.3, -0.25) is 0 Å². The van der Waals surface area contributed by atoms with E-state index in [9.17, 15) is 0 Å². The van der Waals surface area contributed by atoms with E-state index in [0.717, 1.165) is 10.8 Å². The van der Waals surface area contributed by atoms with Gasteiger partial charge in [0.1, 0.15) is 16.5 Å². The van der Waals surface area contributed by atoms with Crippen LogP contribution < -0.4 is 14.8 Å². The third-order valence-electron chi connectivity index (χ3n) is 2.46. The standard InChI is InChI=1S/C14H19N3O2S/c1-14(2,3)15-9-12-16-17-13(20-12)19-11-7-5-6-10(8-11)18-4/h5-8,15H,9H2,1-4H3. The highest BCUT2D eigenvalue weighted by atomic mass is 32.1. The van der Waals surface area contributed by atoms with Crippen LogP contribution >= 0.6 is 11.3 Å². The molecule has 2 rings (SSSR count). The molecule has 0 aliphatic heterocycles. The third-order valence-corrected chi connectivity index (χ3v) is 3.27. The lowest BCUT2D eigenvalue weighted by molar-refractivity contribution is 0.408. The molecule has 108 valence electrons. The number of nitrogens with zero attached hydrogens (tertiary/aromatic N) is 2. The van der Waals surface area contributed by atoms with Gasteiger partial charge in [-0.15, -0.1) is 5.10 Å². The van der Waals surface area contributed by atoms with E-state index in [0.29, 0.717) is 17.5 Å². The predicted molar refractivity (Wildman–Crippen MR) is 79.6 cm³/mol. The van der Waals surface area contributed by atoms with Crippen LogP contribution in [0.5, 0.6) is 16.7 Å². The molecule has 20 heavy (non-hydrogen) atoms. The topological polar surface area (TPSA) is 56.3 Å². The van der Waals surface area contributed by atoms with Gasteiger partial charge in [-0.2, -0.15) is 0 Å². The number of hydrogen-bond acceptors (Lipinski definition) is 6. The van der Waals surface area contributed by atoms with Crippen LogP contribution in [0.2, 0.25) is 0 Å². The summed E-state index contributed by atoms with van der Waals surface area (Å²) in [5, 5.41) is 12.9. The predicted octanol–water partition coefficient (Wildman–Crippen LogP) is 3.23. The van der Waals surface area contributed by atoms with Crippen molar-refractivity contribution >= 4 is 11.3 Å². The van der Waals surface area contributed by atoms with Crippen molar-refractivity contribution in [1.29, 1.82) is 0 Å². The Labute approximate surface area is 123 Å². The van der Waals surface area contributed by atoms with Crippen LogP contribution in [0.3, 0.4) is 0 Å². The SMILES string of the molecule is COc1cccc(Oc2nnc(CNC(C)(C)C)s2)c1. The fourth-order valence-corrected chi connectivity index (χ4v) is 2.10. The van der Waals surface area contributed by atoms with Gasteiger partial charge in [0.15, 0.2) is 0 Å². The lowest BCUT2D eigenvalue weighted by Gasteiger charge is -2.19. The van der Waals surface area contributed by atoms with Gasteiger partial charge >= 0.3 is 0 Å². The van der Waals surface area contributed by atoms with E-state index in [1.807, 2.05) is 24.3 Å². The molecule has 1 aromatic heterocycles. The molecular formula is C14H19N3O2S.